The summed E-state index contributed by atoms with van der Waals surface area (Å²) in [6.07, 6.45) is 1.35. The van der Waals surface area contributed by atoms with Crippen molar-refractivity contribution >= 4 is 21.6 Å². The van der Waals surface area contributed by atoms with Gasteiger partial charge in [0, 0.05) is 32.7 Å². The van der Waals surface area contributed by atoms with Crippen molar-refractivity contribution in [2.75, 3.05) is 19.6 Å². The Balaban J connectivity index is 2.42. The summed E-state index contributed by atoms with van der Waals surface area (Å²) in [5, 5.41) is 7.24. The molecule has 0 aliphatic carbocycles. The Kier molecular flexibility index (Phi) is 3.44. The van der Waals surface area contributed by atoms with Gasteiger partial charge < -0.3 is 5.32 Å². The van der Waals surface area contributed by atoms with E-state index in [4.69, 9.17) is 11.6 Å². The van der Waals surface area contributed by atoms with Crippen LogP contribution < -0.4 is 5.32 Å². The first-order chi connectivity index (χ1) is 7.94. The van der Waals surface area contributed by atoms with Gasteiger partial charge in [0.2, 0.25) is 0 Å². The first kappa shape index (κ1) is 12.8. The van der Waals surface area contributed by atoms with Crippen molar-refractivity contribution in [3.05, 3.63) is 11.2 Å². The number of nitrogens with one attached hydrogen (secondary N) is 1. The molecule has 0 spiro atoms. The Bertz CT molecular complexity index is 494. The summed E-state index contributed by atoms with van der Waals surface area (Å²) in [5.74, 6) is 0. The molecular formula is C9H15ClN4O2S. The molecule has 1 saturated heterocycles. The minimum atomic E-state index is -3.57. The molecule has 0 amide bonds. The van der Waals surface area contributed by atoms with Crippen molar-refractivity contribution in [1.82, 2.24) is 19.4 Å². The number of halogens is 1. The minimum Gasteiger partial charge on any atom is -0.314 e. The normalized spacial score (nSPS) is 22.9. The Labute approximate surface area is 106 Å². The van der Waals surface area contributed by atoms with E-state index in [0.717, 1.165) is 0 Å². The molecule has 96 valence electrons. The highest BCUT2D eigenvalue weighted by Gasteiger charge is 2.34. The Morgan fingerprint density at radius 2 is 2.29 bits per heavy atom. The molecule has 1 aliphatic heterocycles. The average molecular weight is 279 g/mol. The van der Waals surface area contributed by atoms with E-state index in [-0.39, 0.29) is 16.1 Å². The Morgan fingerprint density at radius 1 is 1.59 bits per heavy atom. The number of aromatic nitrogens is 2. The van der Waals surface area contributed by atoms with Gasteiger partial charge in [0.15, 0.2) is 5.03 Å². The molecule has 6 nitrogen and oxygen atoms in total. The third kappa shape index (κ3) is 2.20. The third-order valence-electron chi connectivity index (χ3n) is 2.84. The quantitative estimate of drug-likeness (QED) is 0.830. The molecule has 0 saturated carbocycles. The van der Waals surface area contributed by atoms with Crippen LogP contribution >= 0.6 is 11.6 Å². The van der Waals surface area contributed by atoms with Gasteiger partial charge in [-0.25, -0.2) is 8.42 Å². The van der Waals surface area contributed by atoms with Gasteiger partial charge in [-0.3, -0.25) is 4.68 Å². The van der Waals surface area contributed by atoms with Crippen LogP contribution in [0.3, 0.4) is 0 Å². The maximum Gasteiger partial charge on any atom is 0.262 e. The maximum atomic E-state index is 12.5. The number of sulfonamides is 1. The number of hydrogen-bond acceptors (Lipinski definition) is 4. The van der Waals surface area contributed by atoms with Crippen LogP contribution in [0.4, 0.5) is 0 Å². The highest BCUT2D eigenvalue weighted by molar-refractivity contribution is 7.89. The number of nitrogens with zero attached hydrogens (tertiary/aromatic N) is 3. The van der Waals surface area contributed by atoms with E-state index in [1.165, 1.54) is 15.2 Å². The number of hydrogen-bond donors (Lipinski definition) is 1. The Morgan fingerprint density at radius 3 is 2.82 bits per heavy atom. The van der Waals surface area contributed by atoms with Crippen molar-refractivity contribution in [2.45, 2.75) is 18.0 Å². The van der Waals surface area contributed by atoms with Gasteiger partial charge in [-0.1, -0.05) is 11.6 Å². The largest absolute Gasteiger partial charge is 0.314 e. The highest BCUT2D eigenvalue weighted by Crippen LogP contribution is 2.25. The smallest absolute Gasteiger partial charge is 0.262 e. The molecule has 1 aromatic heterocycles. The summed E-state index contributed by atoms with van der Waals surface area (Å²) in [5.41, 5.74) is 0. The molecule has 17 heavy (non-hydrogen) atoms. The van der Waals surface area contributed by atoms with Crippen LogP contribution in [-0.2, 0) is 17.1 Å². The minimum absolute atomic E-state index is 0.0629. The molecule has 1 aromatic rings. The third-order valence-corrected chi connectivity index (χ3v) is 5.36. The summed E-state index contributed by atoms with van der Waals surface area (Å²) in [7, 11) is -1.99. The molecule has 2 rings (SSSR count). The molecular weight excluding hydrogens is 264 g/mol. The highest BCUT2D eigenvalue weighted by atomic mass is 35.5. The number of piperazine rings is 1. The first-order valence-corrected chi connectivity index (χ1v) is 7.16. The topological polar surface area (TPSA) is 67.2 Å². The van der Waals surface area contributed by atoms with Crippen molar-refractivity contribution < 1.29 is 8.42 Å². The van der Waals surface area contributed by atoms with E-state index in [2.05, 4.69) is 10.4 Å². The fourth-order valence-electron chi connectivity index (χ4n) is 1.98. The number of aryl methyl sites for hydroxylation is 1. The lowest BCUT2D eigenvalue weighted by molar-refractivity contribution is 0.282. The fourth-order valence-corrected chi connectivity index (χ4v) is 4.22. The van der Waals surface area contributed by atoms with E-state index in [1.807, 2.05) is 6.92 Å². The zero-order valence-corrected chi connectivity index (χ0v) is 11.3. The second-order valence-electron chi connectivity index (χ2n) is 4.09. The predicted molar refractivity (Wildman–Crippen MR) is 64.4 cm³/mol. The second kappa shape index (κ2) is 4.56. The van der Waals surface area contributed by atoms with E-state index in [9.17, 15) is 8.42 Å². The van der Waals surface area contributed by atoms with Gasteiger partial charge in [0.1, 0.15) is 0 Å². The Hall–Kier alpha value is -0.630. The summed E-state index contributed by atoms with van der Waals surface area (Å²) in [6.45, 7) is 3.62. The van der Waals surface area contributed by atoms with E-state index < -0.39 is 10.0 Å². The lowest BCUT2D eigenvalue weighted by atomic mass is 10.3. The van der Waals surface area contributed by atoms with Crippen LogP contribution in [0.25, 0.3) is 0 Å². The molecule has 2 heterocycles. The average Bonchev–Trinajstić information content (AvgIpc) is 2.59. The maximum absolute atomic E-state index is 12.5. The predicted octanol–water partition coefficient (Wildman–Crippen LogP) is 0.0559. The van der Waals surface area contributed by atoms with Crippen molar-refractivity contribution in [1.29, 1.82) is 0 Å². The lowest BCUT2D eigenvalue weighted by Crippen LogP contribution is -2.52. The van der Waals surface area contributed by atoms with Crippen molar-refractivity contribution in [3.8, 4) is 0 Å². The van der Waals surface area contributed by atoms with Crippen LogP contribution in [0.15, 0.2) is 11.2 Å². The molecule has 0 aromatic carbocycles. The zero-order valence-electron chi connectivity index (χ0n) is 9.72. The second-order valence-corrected chi connectivity index (χ2v) is 6.30. The van der Waals surface area contributed by atoms with Gasteiger partial charge in [-0.15, -0.1) is 0 Å². The number of rotatable bonds is 2. The standard InChI is InChI=1S/C9H15ClN4O2S/c1-7-5-11-3-4-14(7)17(15,16)9-8(10)6-12-13(9)2/h6-7,11H,3-5H2,1-2H3. The van der Waals surface area contributed by atoms with Crippen molar-refractivity contribution in [3.63, 3.8) is 0 Å². The summed E-state index contributed by atoms with van der Waals surface area (Å²) >= 11 is 5.89. The van der Waals surface area contributed by atoms with Gasteiger partial charge in [0.05, 0.1) is 11.2 Å². The molecule has 1 aliphatic rings. The van der Waals surface area contributed by atoms with E-state index in [1.54, 1.807) is 7.05 Å². The van der Waals surface area contributed by atoms with E-state index in [0.29, 0.717) is 19.6 Å². The monoisotopic (exact) mass is 278 g/mol. The van der Waals surface area contributed by atoms with Crippen LogP contribution in [-0.4, -0.2) is 48.2 Å². The SMILES string of the molecule is CC1CNCCN1S(=O)(=O)c1c(Cl)cnn1C. The molecule has 1 unspecified atom stereocenters. The molecule has 8 heteroatoms. The van der Waals surface area contributed by atoms with Crippen LogP contribution in [0.5, 0.6) is 0 Å². The van der Waals surface area contributed by atoms with Crippen LogP contribution in [0, 0.1) is 0 Å². The molecule has 1 fully saturated rings. The zero-order chi connectivity index (χ0) is 12.6. The van der Waals surface area contributed by atoms with Crippen LogP contribution in [0.1, 0.15) is 6.92 Å². The van der Waals surface area contributed by atoms with Crippen LogP contribution in [0.2, 0.25) is 5.02 Å². The lowest BCUT2D eigenvalue weighted by Gasteiger charge is -2.32. The summed E-state index contributed by atoms with van der Waals surface area (Å²) in [4.78, 5) is 0. The fraction of sp³-hybridized carbons (Fsp3) is 0.667. The molecule has 0 bridgehead atoms. The molecule has 1 N–H and O–H groups in total. The summed E-state index contributed by atoms with van der Waals surface area (Å²) in [6, 6.07) is -0.0836. The van der Waals surface area contributed by atoms with Crippen molar-refractivity contribution in [2.24, 2.45) is 7.05 Å². The summed E-state index contributed by atoms with van der Waals surface area (Å²) < 4.78 is 27.7. The molecule has 1 atom stereocenters. The first-order valence-electron chi connectivity index (χ1n) is 5.34. The van der Waals surface area contributed by atoms with Gasteiger partial charge in [-0.05, 0) is 6.92 Å². The molecule has 0 radical (unpaired) electrons. The van der Waals surface area contributed by atoms with Gasteiger partial charge in [0.25, 0.3) is 10.0 Å². The van der Waals surface area contributed by atoms with E-state index >= 15 is 0 Å². The van der Waals surface area contributed by atoms with Gasteiger partial charge >= 0.3 is 0 Å². The van der Waals surface area contributed by atoms with Gasteiger partial charge in [-0.2, -0.15) is 9.40 Å².